The Labute approximate surface area is 139 Å². The number of carbonyl (C=O) groups is 1. The van der Waals surface area contributed by atoms with Crippen molar-refractivity contribution in [2.75, 3.05) is 0 Å². The average Bonchev–Trinajstić information content (AvgIpc) is 3.22. The number of ketones is 1. The van der Waals surface area contributed by atoms with Crippen LogP contribution in [0.2, 0.25) is 0 Å². The summed E-state index contributed by atoms with van der Waals surface area (Å²) in [5.74, 6) is 5.97. The molecule has 0 bridgehead atoms. The van der Waals surface area contributed by atoms with E-state index in [1.165, 1.54) is 24.8 Å². The predicted octanol–water partition coefficient (Wildman–Crippen LogP) is 4.37. The van der Waals surface area contributed by atoms with Crippen LogP contribution in [0.3, 0.4) is 0 Å². The van der Waals surface area contributed by atoms with Crippen molar-refractivity contribution in [2.45, 2.75) is 52.4 Å². The average molecular weight is 309 g/mol. The van der Waals surface area contributed by atoms with Crippen LogP contribution in [0.1, 0.15) is 52.4 Å². The number of carbonyl (C=O) groups excluding carboxylic acids is 1. The number of hydrogen-bond acceptors (Lipinski definition) is 2. The lowest BCUT2D eigenvalue weighted by Crippen LogP contribution is -2.50. The van der Waals surface area contributed by atoms with Gasteiger partial charge in [0, 0.05) is 6.42 Å². The second-order valence-corrected chi connectivity index (χ2v) is 9.49. The zero-order chi connectivity index (χ0) is 15.9. The van der Waals surface area contributed by atoms with Gasteiger partial charge >= 0.3 is 0 Å². The third kappa shape index (κ3) is 1.72. The van der Waals surface area contributed by atoms with Crippen molar-refractivity contribution in [2.24, 2.45) is 52.8 Å². The van der Waals surface area contributed by atoms with Crippen molar-refractivity contribution in [3.05, 3.63) is 11.6 Å². The van der Waals surface area contributed by atoms with Crippen LogP contribution in [0.4, 0.5) is 0 Å². The van der Waals surface area contributed by atoms with Gasteiger partial charge in [0.05, 0.1) is 12.0 Å². The van der Waals surface area contributed by atoms with Crippen LogP contribution in [0.25, 0.3) is 0 Å². The highest BCUT2D eigenvalue weighted by Gasteiger charge is 2.70. The minimum Gasteiger partial charge on any atom is -0.295 e. The molecule has 5 aliphatic carbocycles. The highest BCUT2D eigenvalue weighted by atomic mass is 16.1. The molecule has 0 heterocycles. The molecule has 0 spiro atoms. The summed E-state index contributed by atoms with van der Waals surface area (Å²) in [6, 6.07) is 2.71. The summed E-state index contributed by atoms with van der Waals surface area (Å²) in [6.07, 6.45) is 8.85. The summed E-state index contributed by atoms with van der Waals surface area (Å²) in [5.41, 5.74) is 1.75. The van der Waals surface area contributed by atoms with Gasteiger partial charge in [0.25, 0.3) is 0 Å². The lowest BCUT2D eigenvalue weighted by Gasteiger charge is -2.56. The largest absolute Gasteiger partial charge is 0.295 e. The number of fused-ring (bicyclic) bond motifs is 7. The molecular formula is C21H27NO. The van der Waals surface area contributed by atoms with Gasteiger partial charge in [0.1, 0.15) is 0 Å². The fourth-order valence-corrected chi connectivity index (χ4v) is 7.77. The van der Waals surface area contributed by atoms with Gasteiger partial charge < -0.3 is 0 Å². The lowest BCUT2D eigenvalue weighted by atomic mass is 9.48. The predicted molar refractivity (Wildman–Crippen MR) is 88.1 cm³/mol. The number of hydrogen-bond donors (Lipinski definition) is 0. The normalized spacial score (nSPS) is 56.6. The minimum absolute atomic E-state index is 0.281. The van der Waals surface area contributed by atoms with Crippen LogP contribution in [0.15, 0.2) is 11.6 Å². The Bertz CT molecular complexity index is 643. The molecule has 23 heavy (non-hydrogen) atoms. The Hall–Kier alpha value is -1.10. The Morgan fingerprint density at radius 1 is 1.26 bits per heavy atom. The Balaban J connectivity index is 1.53. The lowest BCUT2D eigenvalue weighted by molar-refractivity contribution is -0.116. The number of nitriles is 1. The van der Waals surface area contributed by atoms with E-state index >= 15 is 0 Å². The van der Waals surface area contributed by atoms with Gasteiger partial charge in [-0.1, -0.05) is 19.4 Å². The van der Waals surface area contributed by atoms with E-state index in [4.69, 9.17) is 0 Å². The molecule has 4 saturated carbocycles. The van der Waals surface area contributed by atoms with Crippen LogP contribution in [0.5, 0.6) is 0 Å². The first-order valence-corrected chi connectivity index (χ1v) is 9.67. The van der Waals surface area contributed by atoms with Gasteiger partial charge in [-0.25, -0.2) is 0 Å². The summed E-state index contributed by atoms with van der Waals surface area (Å²) >= 11 is 0. The van der Waals surface area contributed by atoms with Crippen molar-refractivity contribution in [1.29, 1.82) is 5.26 Å². The maximum Gasteiger partial charge on any atom is 0.155 e. The van der Waals surface area contributed by atoms with E-state index in [0.29, 0.717) is 29.5 Å². The van der Waals surface area contributed by atoms with E-state index in [1.54, 1.807) is 0 Å². The molecule has 0 aromatic carbocycles. The summed E-state index contributed by atoms with van der Waals surface area (Å²) in [7, 11) is 0. The molecule has 9 unspecified atom stereocenters. The summed E-state index contributed by atoms with van der Waals surface area (Å²) < 4.78 is 0. The van der Waals surface area contributed by atoms with E-state index in [2.05, 4.69) is 19.9 Å². The fourth-order valence-electron chi connectivity index (χ4n) is 7.77. The highest BCUT2D eigenvalue weighted by Crippen LogP contribution is 2.74. The molecule has 0 amide bonds. The van der Waals surface area contributed by atoms with Crippen molar-refractivity contribution in [3.63, 3.8) is 0 Å². The van der Waals surface area contributed by atoms with Crippen LogP contribution in [0, 0.1) is 64.1 Å². The smallest absolute Gasteiger partial charge is 0.155 e. The van der Waals surface area contributed by atoms with Gasteiger partial charge in [0.15, 0.2) is 5.78 Å². The van der Waals surface area contributed by atoms with E-state index in [1.807, 2.05) is 6.08 Å². The topological polar surface area (TPSA) is 40.9 Å². The SMILES string of the molecule is CC1CC2=CC(=O)CCC2C2CCC3(C)C(C#N)C4CC4C3C12. The van der Waals surface area contributed by atoms with Gasteiger partial charge in [-0.3, -0.25) is 4.79 Å². The maximum absolute atomic E-state index is 11.8. The van der Waals surface area contributed by atoms with Crippen LogP contribution >= 0.6 is 0 Å². The number of nitrogens with zero attached hydrogens (tertiary/aromatic N) is 1. The maximum atomic E-state index is 11.8. The molecule has 4 fully saturated rings. The van der Waals surface area contributed by atoms with E-state index in [0.717, 1.165) is 42.9 Å². The van der Waals surface area contributed by atoms with Crippen LogP contribution < -0.4 is 0 Å². The van der Waals surface area contributed by atoms with Gasteiger partial charge in [-0.05, 0) is 85.0 Å². The molecule has 0 aromatic rings. The van der Waals surface area contributed by atoms with Crippen molar-refractivity contribution >= 4 is 5.78 Å². The molecule has 2 heteroatoms. The third-order valence-electron chi connectivity index (χ3n) is 8.57. The van der Waals surface area contributed by atoms with Gasteiger partial charge in [-0.2, -0.15) is 5.26 Å². The van der Waals surface area contributed by atoms with Crippen molar-refractivity contribution in [3.8, 4) is 6.07 Å². The third-order valence-corrected chi connectivity index (χ3v) is 8.57. The number of rotatable bonds is 0. The van der Waals surface area contributed by atoms with Gasteiger partial charge in [0.2, 0.25) is 0 Å². The summed E-state index contributed by atoms with van der Waals surface area (Å²) in [5, 5.41) is 9.75. The molecule has 0 aromatic heterocycles. The molecule has 0 N–H and O–H groups in total. The van der Waals surface area contributed by atoms with Crippen molar-refractivity contribution < 1.29 is 4.79 Å². The molecule has 122 valence electrons. The standard InChI is InChI=1S/C21H27NO/c1-11-7-12-8-13(23)3-4-14(12)15-5-6-21(2)18(10-22)16-9-17(16)20(21)19(11)15/h8,11,14-20H,3-7,9H2,1-2H3. The molecule has 0 saturated heterocycles. The van der Waals surface area contributed by atoms with Crippen LogP contribution in [-0.4, -0.2) is 5.78 Å². The molecule has 5 aliphatic rings. The molecule has 5 rings (SSSR count). The van der Waals surface area contributed by atoms with Crippen LogP contribution in [-0.2, 0) is 4.79 Å². The number of allylic oxidation sites excluding steroid dienone is 1. The highest BCUT2D eigenvalue weighted by molar-refractivity contribution is 5.91. The summed E-state index contributed by atoms with van der Waals surface area (Å²) in [6.45, 7) is 4.87. The Morgan fingerprint density at radius 3 is 2.87 bits per heavy atom. The van der Waals surface area contributed by atoms with E-state index in [-0.39, 0.29) is 5.41 Å². The molecule has 2 nitrogen and oxygen atoms in total. The minimum atomic E-state index is 0.281. The molecular weight excluding hydrogens is 282 g/mol. The molecule has 0 aliphatic heterocycles. The first-order chi connectivity index (χ1) is 11.0. The molecule has 9 atom stereocenters. The Kier molecular flexibility index (Phi) is 2.79. The monoisotopic (exact) mass is 309 g/mol. The van der Waals surface area contributed by atoms with Crippen molar-refractivity contribution in [1.82, 2.24) is 0 Å². The van der Waals surface area contributed by atoms with E-state index < -0.39 is 0 Å². The quantitative estimate of drug-likeness (QED) is 0.666. The first kappa shape index (κ1) is 14.3. The molecule has 0 radical (unpaired) electrons. The zero-order valence-electron chi connectivity index (χ0n) is 14.3. The van der Waals surface area contributed by atoms with Gasteiger partial charge in [-0.15, -0.1) is 0 Å². The fraction of sp³-hybridized carbons (Fsp3) is 0.810. The van der Waals surface area contributed by atoms with E-state index in [9.17, 15) is 10.1 Å². The second kappa shape index (κ2) is 4.50. The zero-order valence-corrected chi connectivity index (χ0v) is 14.3. The second-order valence-electron chi connectivity index (χ2n) is 9.49. The Morgan fingerprint density at radius 2 is 2.09 bits per heavy atom. The first-order valence-electron chi connectivity index (χ1n) is 9.67. The summed E-state index contributed by atoms with van der Waals surface area (Å²) in [4.78, 5) is 11.8.